The van der Waals surface area contributed by atoms with Crippen LogP contribution in [0.15, 0.2) is 18.2 Å². The number of carboxylic acid groups (broad SMARTS) is 1. The summed E-state index contributed by atoms with van der Waals surface area (Å²) < 4.78 is 11.8. The Labute approximate surface area is 187 Å². The van der Waals surface area contributed by atoms with Crippen LogP contribution >= 0.6 is 0 Å². The fourth-order valence-electron chi connectivity index (χ4n) is 3.05. The molecule has 2 rings (SSSR count). The predicted octanol–water partition coefficient (Wildman–Crippen LogP) is 4.96. The van der Waals surface area contributed by atoms with Gasteiger partial charge in [0.1, 0.15) is 5.60 Å². The van der Waals surface area contributed by atoms with Crippen molar-refractivity contribution in [2.75, 3.05) is 31.1 Å². The Hall–Kier alpha value is -2.06. The summed E-state index contributed by atoms with van der Waals surface area (Å²) in [4.78, 5) is 27.9. The number of aromatic carboxylic acids is 1. The zero-order valence-electron chi connectivity index (χ0n) is 20.2. The highest BCUT2D eigenvalue weighted by Crippen LogP contribution is 2.37. The maximum Gasteiger partial charge on any atom is 0.410 e. The van der Waals surface area contributed by atoms with Gasteiger partial charge >= 0.3 is 12.1 Å². The lowest BCUT2D eigenvalue weighted by Gasteiger charge is -2.37. The molecule has 1 saturated heterocycles. The average molecular weight is 451 g/mol. The van der Waals surface area contributed by atoms with Crippen LogP contribution in [0.3, 0.4) is 0 Å². The van der Waals surface area contributed by atoms with E-state index in [1.807, 2.05) is 32.9 Å². The van der Waals surface area contributed by atoms with Crippen LogP contribution < -0.4 is 4.90 Å². The van der Waals surface area contributed by atoms with Gasteiger partial charge in [-0.25, -0.2) is 9.59 Å². The molecule has 1 fully saturated rings. The molecule has 8 heteroatoms. The number of nitrogens with zero attached hydrogens (tertiary/aromatic N) is 2. The van der Waals surface area contributed by atoms with Crippen molar-refractivity contribution >= 4 is 26.1 Å². The molecule has 1 aromatic carbocycles. The largest absolute Gasteiger partial charge is 0.478 e. The molecule has 31 heavy (non-hydrogen) atoms. The summed E-state index contributed by atoms with van der Waals surface area (Å²) >= 11 is 0. The van der Waals surface area contributed by atoms with Gasteiger partial charge in [-0.15, -0.1) is 0 Å². The SMILES string of the molecule is CC(C)(C)OC(=O)N1CCN(c2ccc(C(=O)O)c(CO[Si](C)(C)C(C)(C)C)c2)CC1. The second-order valence-electron chi connectivity index (χ2n) is 10.7. The normalized spacial score (nSPS) is 15.7. The first-order valence-corrected chi connectivity index (χ1v) is 13.7. The number of anilines is 1. The molecular weight excluding hydrogens is 412 g/mol. The molecule has 1 N–H and O–H groups in total. The van der Waals surface area contributed by atoms with Gasteiger partial charge in [0, 0.05) is 31.9 Å². The third kappa shape index (κ3) is 6.71. The fraction of sp³-hybridized carbons (Fsp3) is 0.652. The maximum atomic E-state index is 12.3. The molecule has 0 bridgehead atoms. The first-order valence-electron chi connectivity index (χ1n) is 10.8. The minimum absolute atomic E-state index is 0.0476. The standard InChI is InChI=1S/C23H38N2O5Si/c1-22(2,3)30-21(28)25-13-11-24(12-14-25)18-9-10-19(20(26)27)17(15-18)16-29-31(7,8)23(4,5)6/h9-10,15H,11-14,16H2,1-8H3,(H,26,27). The molecule has 1 aliphatic heterocycles. The van der Waals surface area contributed by atoms with Crippen LogP contribution in [-0.4, -0.2) is 62.2 Å². The van der Waals surface area contributed by atoms with Gasteiger partial charge in [-0.1, -0.05) is 20.8 Å². The summed E-state index contributed by atoms with van der Waals surface area (Å²) in [6, 6.07) is 5.41. The van der Waals surface area contributed by atoms with E-state index in [0.29, 0.717) is 31.7 Å². The minimum atomic E-state index is -2.01. The Morgan fingerprint density at radius 2 is 1.61 bits per heavy atom. The Morgan fingerprint density at radius 1 is 1.03 bits per heavy atom. The highest BCUT2D eigenvalue weighted by Gasteiger charge is 2.37. The number of amides is 1. The monoisotopic (exact) mass is 450 g/mol. The van der Waals surface area contributed by atoms with E-state index >= 15 is 0 Å². The molecule has 1 amide bonds. The number of benzene rings is 1. The summed E-state index contributed by atoms with van der Waals surface area (Å²) in [5.74, 6) is -0.949. The smallest absolute Gasteiger partial charge is 0.410 e. The highest BCUT2D eigenvalue weighted by molar-refractivity contribution is 6.74. The van der Waals surface area contributed by atoms with Crippen LogP contribution in [0.1, 0.15) is 57.5 Å². The van der Waals surface area contributed by atoms with E-state index in [9.17, 15) is 14.7 Å². The summed E-state index contributed by atoms with van der Waals surface area (Å²) in [7, 11) is -2.01. The number of carboxylic acids is 1. The van der Waals surface area contributed by atoms with Crippen molar-refractivity contribution in [1.29, 1.82) is 0 Å². The van der Waals surface area contributed by atoms with Gasteiger partial charge in [0.25, 0.3) is 0 Å². The quantitative estimate of drug-likeness (QED) is 0.639. The van der Waals surface area contributed by atoms with Gasteiger partial charge in [-0.3, -0.25) is 0 Å². The van der Waals surface area contributed by atoms with Crippen molar-refractivity contribution in [3.8, 4) is 0 Å². The van der Waals surface area contributed by atoms with Gasteiger partial charge in [-0.2, -0.15) is 0 Å². The van der Waals surface area contributed by atoms with E-state index in [1.165, 1.54) is 0 Å². The van der Waals surface area contributed by atoms with Gasteiger partial charge in [0.05, 0.1) is 12.2 Å². The lowest BCUT2D eigenvalue weighted by atomic mass is 10.1. The summed E-state index contributed by atoms with van der Waals surface area (Å²) in [5.41, 5.74) is 1.39. The van der Waals surface area contributed by atoms with Crippen molar-refractivity contribution in [2.24, 2.45) is 0 Å². The lowest BCUT2D eigenvalue weighted by molar-refractivity contribution is 0.0240. The van der Waals surface area contributed by atoms with Crippen molar-refractivity contribution in [3.05, 3.63) is 29.3 Å². The van der Waals surface area contributed by atoms with E-state index in [1.54, 1.807) is 11.0 Å². The fourth-order valence-corrected chi connectivity index (χ4v) is 4.00. The number of rotatable bonds is 5. The van der Waals surface area contributed by atoms with Crippen molar-refractivity contribution in [3.63, 3.8) is 0 Å². The van der Waals surface area contributed by atoms with Crippen LogP contribution in [0.5, 0.6) is 0 Å². The number of hydrogen-bond donors (Lipinski definition) is 1. The first kappa shape index (κ1) is 25.2. The van der Waals surface area contributed by atoms with Crippen molar-refractivity contribution < 1.29 is 23.9 Å². The number of piperazine rings is 1. The Kier molecular flexibility index (Phi) is 7.48. The molecule has 0 atom stereocenters. The van der Waals surface area contributed by atoms with E-state index in [4.69, 9.17) is 9.16 Å². The van der Waals surface area contributed by atoms with Gasteiger partial charge < -0.3 is 24.1 Å². The molecule has 7 nitrogen and oxygen atoms in total. The van der Waals surface area contributed by atoms with Crippen molar-refractivity contribution in [1.82, 2.24) is 4.90 Å². The molecule has 174 valence electrons. The lowest BCUT2D eigenvalue weighted by Crippen LogP contribution is -2.50. The maximum absolute atomic E-state index is 12.3. The molecule has 0 aromatic heterocycles. The van der Waals surface area contributed by atoms with Gasteiger partial charge in [0.15, 0.2) is 8.32 Å². The number of carbonyl (C=O) groups excluding carboxylic acids is 1. The molecule has 1 heterocycles. The van der Waals surface area contributed by atoms with E-state index < -0.39 is 19.9 Å². The zero-order chi connectivity index (χ0) is 23.6. The van der Waals surface area contributed by atoms with Crippen LogP contribution in [0.25, 0.3) is 0 Å². The Morgan fingerprint density at radius 3 is 2.10 bits per heavy atom. The van der Waals surface area contributed by atoms with Crippen LogP contribution in [0.4, 0.5) is 10.5 Å². The van der Waals surface area contributed by atoms with E-state index in [0.717, 1.165) is 5.69 Å². The summed E-state index contributed by atoms with van der Waals surface area (Å²) in [6.45, 7) is 19.1. The highest BCUT2D eigenvalue weighted by atomic mass is 28.4. The van der Waals surface area contributed by atoms with Crippen LogP contribution in [0, 0.1) is 0 Å². The third-order valence-corrected chi connectivity index (χ3v) is 10.5. The van der Waals surface area contributed by atoms with Gasteiger partial charge in [-0.05, 0) is 62.7 Å². The number of hydrogen-bond acceptors (Lipinski definition) is 5. The molecule has 0 unspecified atom stereocenters. The Balaban J connectivity index is 2.12. The van der Waals surface area contributed by atoms with Crippen molar-refractivity contribution in [2.45, 2.75) is 71.9 Å². The van der Waals surface area contributed by atoms with Gasteiger partial charge in [0.2, 0.25) is 0 Å². The molecule has 0 aliphatic carbocycles. The summed E-state index contributed by atoms with van der Waals surface area (Å²) in [6.07, 6.45) is -0.295. The van der Waals surface area contributed by atoms with Crippen LogP contribution in [0.2, 0.25) is 18.1 Å². The molecule has 0 spiro atoms. The predicted molar refractivity (Wildman–Crippen MR) is 125 cm³/mol. The molecule has 1 aliphatic rings. The molecule has 1 aromatic rings. The number of carbonyl (C=O) groups is 2. The average Bonchev–Trinajstić information content (AvgIpc) is 2.64. The number of ether oxygens (including phenoxy) is 1. The molecule has 0 saturated carbocycles. The molecule has 0 radical (unpaired) electrons. The second-order valence-corrected chi connectivity index (χ2v) is 15.5. The molecular formula is C23H38N2O5Si. The van der Waals surface area contributed by atoms with E-state index in [-0.39, 0.29) is 23.3 Å². The minimum Gasteiger partial charge on any atom is -0.478 e. The Bertz CT molecular complexity index is 803. The topological polar surface area (TPSA) is 79.3 Å². The second kappa shape index (κ2) is 9.20. The first-order chi connectivity index (χ1) is 14.1. The summed E-state index contributed by atoms with van der Waals surface area (Å²) in [5, 5.41) is 9.68. The van der Waals surface area contributed by atoms with E-state index in [2.05, 4.69) is 38.8 Å². The van der Waals surface area contributed by atoms with Crippen LogP contribution in [-0.2, 0) is 15.8 Å². The zero-order valence-corrected chi connectivity index (χ0v) is 21.2. The third-order valence-electron chi connectivity index (χ3n) is 6.01.